The lowest BCUT2D eigenvalue weighted by molar-refractivity contribution is 0.176. The summed E-state index contributed by atoms with van der Waals surface area (Å²) in [5, 5.41) is 2.37. The van der Waals surface area contributed by atoms with Crippen LogP contribution in [0.2, 0.25) is 0 Å². The highest BCUT2D eigenvalue weighted by Crippen LogP contribution is 2.21. The van der Waals surface area contributed by atoms with E-state index < -0.39 is 23.8 Å². The number of amides is 1. The number of hydrogen-bond donors (Lipinski definition) is 1. The van der Waals surface area contributed by atoms with Gasteiger partial charge in [0.25, 0.3) is 0 Å². The minimum atomic E-state index is -0.612. The summed E-state index contributed by atoms with van der Waals surface area (Å²) in [5.74, 6) is -1.09. The Balaban J connectivity index is 2.31. The van der Waals surface area contributed by atoms with Crippen molar-refractivity contribution in [3.8, 4) is 0 Å². The van der Waals surface area contributed by atoms with Gasteiger partial charge in [-0.3, -0.25) is 0 Å². The van der Waals surface area contributed by atoms with Crippen LogP contribution in [0.15, 0.2) is 18.2 Å². The second kappa shape index (κ2) is 3.25. The lowest BCUT2D eigenvalue weighted by Crippen LogP contribution is -2.19. The van der Waals surface area contributed by atoms with Crippen LogP contribution in [0.5, 0.6) is 0 Å². The number of nitrogens with one attached hydrogen (secondary N) is 1. The Morgan fingerprint density at radius 1 is 1.43 bits per heavy atom. The highest BCUT2D eigenvalue weighted by molar-refractivity contribution is 5.70. The SMILES string of the molecule is O=C1N[C@@H](c2cc(F)ccc2F)CO1. The molecule has 1 fully saturated rings. The molecule has 0 aromatic heterocycles. The molecule has 74 valence electrons. The van der Waals surface area contributed by atoms with Gasteiger partial charge in [0, 0.05) is 5.56 Å². The predicted molar refractivity (Wildman–Crippen MR) is 43.6 cm³/mol. The molecule has 1 aliphatic heterocycles. The fourth-order valence-corrected chi connectivity index (χ4v) is 1.33. The molecule has 1 aliphatic rings. The molecule has 1 saturated heterocycles. The van der Waals surface area contributed by atoms with E-state index in [4.69, 9.17) is 0 Å². The van der Waals surface area contributed by atoms with Gasteiger partial charge < -0.3 is 10.1 Å². The molecule has 5 heteroatoms. The number of alkyl carbamates (subject to hydrolysis) is 1. The molecule has 14 heavy (non-hydrogen) atoms. The van der Waals surface area contributed by atoms with E-state index in [9.17, 15) is 13.6 Å². The molecule has 0 aliphatic carbocycles. The van der Waals surface area contributed by atoms with Crippen molar-refractivity contribution in [3.63, 3.8) is 0 Å². The average Bonchev–Trinajstić information content (AvgIpc) is 2.56. The van der Waals surface area contributed by atoms with Crippen LogP contribution in [0.3, 0.4) is 0 Å². The van der Waals surface area contributed by atoms with Crippen LogP contribution in [0.25, 0.3) is 0 Å². The molecule has 0 radical (unpaired) electrons. The molecule has 0 bridgehead atoms. The summed E-state index contributed by atoms with van der Waals surface area (Å²) < 4.78 is 30.5. The zero-order valence-electron chi connectivity index (χ0n) is 7.09. The summed E-state index contributed by atoms with van der Waals surface area (Å²) in [4.78, 5) is 10.7. The summed E-state index contributed by atoms with van der Waals surface area (Å²) >= 11 is 0. The van der Waals surface area contributed by atoms with Crippen molar-refractivity contribution in [2.45, 2.75) is 6.04 Å². The second-order valence-electron chi connectivity index (χ2n) is 2.96. The predicted octanol–water partition coefficient (Wildman–Crippen LogP) is 1.75. The first-order chi connectivity index (χ1) is 6.66. The van der Waals surface area contributed by atoms with E-state index in [2.05, 4.69) is 10.1 Å². The molecule has 0 spiro atoms. The molecular weight excluding hydrogens is 192 g/mol. The fourth-order valence-electron chi connectivity index (χ4n) is 1.33. The first kappa shape index (κ1) is 8.93. The van der Waals surface area contributed by atoms with E-state index in [0.29, 0.717) is 0 Å². The molecule has 1 amide bonds. The van der Waals surface area contributed by atoms with Crippen molar-refractivity contribution in [1.29, 1.82) is 0 Å². The molecule has 1 N–H and O–H groups in total. The summed E-state index contributed by atoms with van der Waals surface area (Å²) in [6, 6.07) is 2.50. The van der Waals surface area contributed by atoms with E-state index in [1.165, 1.54) is 0 Å². The van der Waals surface area contributed by atoms with Crippen molar-refractivity contribution < 1.29 is 18.3 Å². The molecule has 0 saturated carbocycles. The Labute approximate surface area is 78.7 Å². The Bertz CT molecular complexity index is 381. The number of cyclic esters (lactones) is 1. The maximum atomic E-state index is 13.2. The quantitative estimate of drug-likeness (QED) is 0.748. The van der Waals surface area contributed by atoms with Crippen molar-refractivity contribution in [2.75, 3.05) is 6.61 Å². The molecule has 3 nitrogen and oxygen atoms in total. The zero-order valence-corrected chi connectivity index (χ0v) is 7.09. The van der Waals surface area contributed by atoms with Gasteiger partial charge in [-0.2, -0.15) is 0 Å². The number of rotatable bonds is 1. The van der Waals surface area contributed by atoms with Crippen molar-refractivity contribution in [1.82, 2.24) is 5.32 Å². The Morgan fingerprint density at radius 2 is 2.21 bits per heavy atom. The Morgan fingerprint density at radius 3 is 2.86 bits per heavy atom. The molecule has 1 aromatic rings. The van der Waals surface area contributed by atoms with Gasteiger partial charge in [0.05, 0.1) is 6.04 Å². The number of hydrogen-bond acceptors (Lipinski definition) is 2. The smallest absolute Gasteiger partial charge is 0.407 e. The number of carbonyl (C=O) groups is 1. The third-order valence-electron chi connectivity index (χ3n) is 2.01. The van der Waals surface area contributed by atoms with Crippen molar-refractivity contribution >= 4 is 6.09 Å². The van der Waals surface area contributed by atoms with E-state index in [-0.39, 0.29) is 12.2 Å². The van der Waals surface area contributed by atoms with Gasteiger partial charge in [-0.25, -0.2) is 13.6 Å². The summed E-state index contributed by atoms with van der Waals surface area (Å²) in [5.41, 5.74) is 0.107. The highest BCUT2D eigenvalue weighted by Gasteiger charge is 2.26. The second-order valence-corrected chi connectivity index (χ2v) is 2.96. The van der Waals surface area contributed by atoms with E-state index >= 15 is 0 Å². The van der Waals surface area contributed by atoms with Crippen molar-refractivity contribution in [2.24, 2.45) is 0 Å². The van der Waals surface area contributed by atoms with E-state index in [1.54, 1.807) is 0 Å². The molecule has 1 aromatic carbocycles. The van der Waals surface area contributed by atoms with E-state index in [0.717, 1.165) is 18.2 Å². The van der Waals surface area contributed by atoms with Gasteiger partial charge in [0.2, 0.25) is 0 Å². The molecular formula is C9H7F2NO2. The minimum absolute atomic E-state index is 0.0270. The first-order valence-corrected chi connectivity index (χ1v) is 4.05. The zero-order chi connectivity index (χ0) is 10.1. The average molecular weight is 199 g/mol. The van der Waals surface area contributed by atoms with Gasteiger partial charge >= 0.3 is 6.09 Å². The Hall–Kier alpha value is -1.65. The van der Waals surface area contributed by atoms with Crippen LogP contribution in [0.1, 0.15) is 11.6 Å². The third-order valence-corrected chi connectivity index (χ3v) is 2.01. The third kappa shape index (κ3) is 1.53. The summed E-state index contributed by atoms with van der Waals surface area (Å²) in [7, 11) is 0. The van der Waals surface area contributed by atoms with Crippen LogP contribution in [0, 0.1) is 11.6 Å². The normalized spacial score (nSPS) is 20.4. The van der Waals surface area contributed by atoms with Gasteiger partial charge in [-0.1, -0.05) is 0 Å². The maximum Gasteiger partial charge on any atom is 0.407 e. The first-order valence-electron chi connectivity index (χ1n) is 4.05. The number of halogens is 2. The van der Waals surface area contributed by atoms with Gasteiger partial charge in [0.1, 0.15) is 18.2 Å². The van der Waals surface area contributed by atoms with Gasteiger partial charge in [-0.15, -0.1) is 0 Å². The van der Waals surface area contributed by atoms with Crippen LogP contribution in [-0.4, -0.2) is 12.7 Å². The number of ether oxygens (including phenoxy) is 1. The lowest BCUT2D eigenvalue weighted by atomic mass is 10.1. The molecule has 2 rings (SSSR count). The monoisotopic (exact) mass is 199 g/mol. The summed E-state index contributed by atoms with van der Waals surface area (Å²) in [6.07, 6.45) is -0.612. The molecule has 1 heterocycles. The van der Waals surface area contributed by atoms with Gasteiger partial charge in [0.15, 0.2) is 0 Å². The van der Waals surface area contributed by atoms with Crippen LogP contribution in [-0.2, 0) is 4.74 Å². The van der Waals surface area contributed by atoms with E-state index in [1.807, 2.05) is 0 Å². The summed E-state index contributed by atoms with van der Waals surface area (Å²) in [6.45, 7) is 0.0270. The van der Waals surface area contributed by atoms with Crippen molar-refractivity contribution in [3.05, 3.63) is 35.4 Å². The standard InChI is InChI=1S/C9H7F2NO2/c10-5-1-2-7(11)6(3-5)8-4-14-9(13)12-8/h1-3,8H,4H2,(H,12,13)/t8-/m1/s1. The van der Waals surface area contributed by atoms with Gasteiger partial charge in [-0.05, 0) is 18.2 Å². The molecule has 0 unspecified atom stereocenters. The fraction of sp³-hybridized carbons (Fsp3) is 0.222. The largest absolute Gasteiger partial charge is 0.447 e. The van der Waals surface area contributed by atoms with Crippen LogP contribution < -0.4 is 5.32 Å². The Kier molecular flexibility index (Phi) is 2.07. The number of benzene rings is 1. The minimum Gasteiger partial charge on any atom is -0.447 e. The molecule has 1 atom stereocenters. The lowest BCUT2D eigenvalue weighted by Gasteiger charge is -2.08. The highest BCUT2D eigenvalue weighted by atomic mass is 19.1. The maximum absolute atomic E-state index is 13.2. The number of carbonyl (C=O) groups excluding carboxylic acids is 1. The topological polar surface area (TPSA) is 38.3 Å². The van der Waals surface area contributed by atoms with Crippen LogP contribution in [0.4, 0.5) is 13.6 Å². The van der Waals surface area contributed by atoms with Crippen LogP contribution >= 0.6 is 0 Å².